The molecule has 0 atom stereocenters. The molecule has 122 valence electrons. The zero-order valence-corrected chi connectivity index (χ0v) is 11.3. The van der Waals surface area contributed by atoms with Crippen LogP contribution in [0.15, 0.2) is 48.5 Å². The lowest BCUT2D eigenvalue weighted by Crippen LogP contribution is -2.17. The Hall–Kier alpha value is -2.51. The van der Waals surface area contributed by atoms with Crippen molar-refractivity contribution in [2.45, 2.75) is 12.4 Å². The van der Waals surface area contributed by atoms with Crippen LogP contribution in [0.5, 0.6) is 0 Å². The van der Waals surface area contributed by atoms with E-state index in [1.165, 1.54) is 6.07 Å². The first-order chi connectivity index (χ1) is 10.6. The third kappa shape index (κ3) is 4.02. The summed E-state index contributed by atoms with van der Waals surface area (Å²) in [7, 11) is 0. The summed E-state index contributed by atoms with van der Waals surface area (Å²) in [5, 5.41) is 1.99. The van der Waals surface area contributed by atoms with E-state index in [2.05, 4.69) is 0 Å². The van der Waals surface area contributed by atoms with Crippen molar-refractivity contribution in [3.8, 4) is 0 Å². The molecule has 0 bridgehead atoms. The van der Waals surface area contributed by atoms with Crippen molar-refractivity contribution in [2.24, 2.45) is 0 Å². The minimum absolute atomic E-state index is 0.392. The average Bonchev–Trinajstić information content (AvgIpc) is 2.46. The van der Waals surface area contributed by atoms with Crippen molar-refractivity contribution in [3.05, 3.63) is 65.2 Å². The van der Waals surface area contributed by atoms with Gasteiger partial charge in [0.2, 0.25) is 0 Å². The summed E-state index contributed by atoms with van der Waals surface area (Å²) in [5.41, 5.74) is -3.06. The van der Waals surface area contributed by atoms with E-state index in [0.717, 1.165) is 36.4 Å². The Bertz CT molecular complexity index is 720. The molecule has 0 aliphatic heterocycles. The van der Waals surface area contributed by atoms with Gasteiger partial charge in [0.1, 0.15) is 0 Å². The van der Waals surface area contributed by atoms with Crippen LogP contribution in [0.25, 0.3) is 0 Å². The first-order valence-electron chi connectivity index (χ1n) is 6.24. The number of alkyl halides is 6. The number of nitrogens with one attached hydrogen (secondary N) is 1. The molecular weight excluding hydrogens is 324 g/mol. The van der Waals surface area contributed by atoms with Crippen LogP contribution in [-0.2, 0) is 12.4 Å². The van der Waals surface area contributed by atoms with Gasteiger partial charge in [-0.2, -0.15) is 26.3 Å². The number of anilines is 1. The predicted octanol–water partition coefficient (Wildman–Crippen LogP) is 4.98. The van der Waals surface area contributed by atoms with Crippen LogP contribution in [0.1, 0.15) is 21.5 Å². The van der Waals surface area contributed by atoms with Gasteiger partial charge in [-0.05, 0) is 30.3 Å². The van der Waals surface area contributed by atoms with Crippen LogP contribution in [-0.4, -0.2) is 5.91 Å². The number of hydrogen-bond acceptors (Lipinski definition) is 1. The van der Waals surface area contributed by atoms with Crippen LogP contribution in [0.4, 0.5) is 32.0 Å². The Morgan fingerprint density at radius 2 is 1.48 bits per heavy atom. The summed E-state index contributed by atoms with van der Waals surface area (Å²) in [5.74, 6) is -1.06. The van der Waals surface area contributed by atoms with Crippen molar-refractivity contribution >= 4 is 11.6 Å². The lowest BCUT2D eigenvalue weighted by Gasteiger charge is -2.14. The maximum atomic E-state index is 12.8. The fourth-order valence-corrected chi connectivity index (χ4v) is 1.87. The second-order valence-electron chi connectivity index (χ2n) is 4.58. The molecule has 0 heterocycles. The number of carbonyl (C=O) groups excluding carboxylic acids is 1. The van der Waals surface area contributed by atoms with E-state index in [1.54, 1.807) is 0 Å². The first-order valence-corrected chi connectivity index (χ1v) is 6.24. The maximum absolute atomic E-state index is 12.8. The predicted molar refractivity (Wildman–Crippen MR) is 70.8 cm³/mol. The van der Waals surface area contributed by atoms with E-state index in [1.807, 2.05) is 5.32 Å². The van der Waals surface area contributed by atoms with Crippen molar-refractivity contribution in [2.75, 3.05) is 5.32 Å². The van der Waals surface area contributed by atoms with Gasteiger partial charge in [-0.15, -0.1) is 0 Å². The number of amides is 1. The smallest absolute Gasteiger partial charge is 0.321 e. The van der Waals surface area contributed by atoms with Crippen LogP contribution in [0.2, 0.25) is 0 Å². The summed E-state index contributed by atoms with van der Waals surface area (Å²) >= 11 is 0. The number of carbonyl (C=O) groups is 1. The monoisotopic (exact) mass is 333 g/mol. The number of hydrogen-bond donors (Lipinski definition) is 1. The van der Waals surface area contributed by atoms with E-state index in [9.17, 15) is 31.1 Å². The molecule has 0 saturated carbocycles. The van der Waals surface area contributed by atoms with Gasteiger partial charge in [-0.25, -0.2) is 0 Å². The molecule has 0 radical (unpaired) electrons. The number of halogens is 6. The Balaban J connectivity index is 2.31. The summed E-state index contributed by atoms with van der Waals surface area (Å²) in [4.78, 5) is 11.9. The van der Waals surface area contributed by atoms with Gasteiger partial charge in [-0.1, -0.05) is 18.2 Å². The largest absolute Gasteiger partial charge is 0.418 e. The highest BCUT2D eigenvalue weighted by Crippen LogP contribution is 2.35. The zero-order valence-electron chi connectivity index (χ0n) is 11.3. The van der Waals surface area contributed by atoms with Crippen molar-refractivity contribution in [3.63, 3.8) is 0 Å². The average molecular weight is 333 g/mol. The lowest BCUT2D eigenvalue weighted by molar-refractivity contribution is -0.138. The van der Waals surface area contributed by atoms with Gasteiger partial charge in [0.25, 0.3) is 5.91 Å². The Labute approximate surface area is 126 Å². The molecule has 1 N–H and O–H groups in total. The quantitative estimate of drug-likeness (QED) is 0.772. The zero-order chi connectivity index (χ0) is 17.3. The minimum Gasteiger partial charge on any atom is -0.321 e. The second kappa shape index (κ2) is 5.94. The molecule has 2 aromatic rings. The Kier molecular flexibility index (Phi) is 4.35. The molecule has 2 rings (SSSR count). The van der Waals surface area contributed by atoms with Crippen LogP contribution in [0, 0.1) is 0 Å². The molecule has 1 amide bonds. The minimum atomic E-state index is -4.70. The van der Waals surface area contributed by atoms with Gasteiger partial charge in [0, 0.05) is 5.56 Å². The molecule has 0 spiro atoms. The van der Waals surface area contributed by atoms with E-state index in [4.69, 9.17) is 0 Å². The summed E-state index contributed by atoms with van der Waals surface area (Å²) in [6.07, 6.45) is -9.35. The highest BCUT2D eigenvalue weighted by Gasteiger charge is 2.34. The lowest BCUT2D eigenvalue weighted by atomic mass is 10.1. The molecule has 8 heteroatoms. The summed E-state index contributed by atoms with van der Waals surface area (Å²) in [6, 6.07) is 7.63. The SMILES string of the molecule is O=C(Nc1ccccc1C(F)(F)F)c1cccc(C(F)(F)F)c1. The van der Waals surface area contributed by atoms with Crippen molar-refractivity contribution < 1.29 is 31.1 Å². The molecule has 0 aliphatic carbocycles. The number of rotatable bonds is 2. The summed E-state index contributed by atoms with van der Waals surface area (Å²) < 4.78 is 76.3. The van der Waals surface area contributed by atoms with E-state index < -0.39 is 40.6 Å². The Morgan fingerprint density at radius 1 is 0.826 bits per heavy atom. The molecule has 2 aromatic carbocycles. The third-order valence-corrected chi connectivity index (χ3v) is 2.93. The molecule has 0 saturated heterocycles. The van der Waals surface area contributed by atoms with E-state index in [0.29, 0.717) is 6.07 Å². The highest BCUT2D eigenvalue weighted by atomic mass is 19.4. The fourth-order valence-electron chi connectivity index (χ4n) is 1.87. The Morgan fingerprint density at radius 3 is 2.09 bits per heavy atom. The molecule has 23 heavy (non-hydrogen) atoms. The van der Waals surface area contributed by atoms with Gasteiger partial charge in [-0.3, -0.25) is 4.79 Å². The van der Waals surface area contributed by atoms with Gasteiger partial charge in [0.15, 0.2) is 0 Å². The standard InChI is InChI=1S/C15H9F6NO/c16-14(17,18)10-5-3-4-9(8-10)13(23)22-12-7-2-1-6-11(12)15(19,20)21/h1-8H,(H,22,23). The number of para-hydroxylation sites is 1. The maximum Gasteiger partial charge on any atom is 0.418 e. The molecule has 2 nitrogen and oxygen atoms in total. The topological polar surface area (TPSA) is 29.1 Å². The van der Waals surface area contributed by atoms with Crippen molar-refractivity contribution in [1.82, 2.24) is 0 Å². The van der Waals surface area contributed by atoms with Gasteiger partial charge < -0.3 is 5.32 Å². The normalized spacial score (nSPS) is 12.1. The molecule has 0 aromatic heterocycles. The molecule has 0 aliphatic rings. The molecule has 0 fully saturated rings. The van der Waals surface area contributed by atoms with Crippen molar-refractivity contribution in [1.29, 1.82) is 0 Å². The fraction of sp³-hybridized carbons (Fsp3) is 0.133. The van der Waals surface area contributed by atoms with E-state index >= 15 is 0 Å². The molecule has 0 unspecified atom stereocenters. The van der Waals surface area contributed by atoms with Crippen LogP contribution >= 0.6 is 0 Å². The van der Waals surface area contributed by atoms with Gasteiger partial charge in [0.05, 0.1) is 16.8 Å². The second-order valence-corrected chi connectivity index (χ2v) is 4.58. The summed E-state index contributed by atoms with van der Waals surface area (Å²) in [6.45, 7) is 0. The van der Waals surface area contributed by atoms with Crippen LogP contribution in [0.3, 0.4) is 0 Å². The third-order valence-electron chi connectivity index (χ3n) is 2.93. The first kappa shape index (κ1) is 16.9. The van der Waals surface area contributed by atoms with Gasteiger partial charge >= 0.3 is 12.4 Å². The number of benzene rings is 2. The highest BCUT2D eigenvalue weighted by molar-refractivity contribution is 6.04. The van der Waals surface area contributed by atoms with Crippen LogP contribution < -0.4 is 5.32 Å². The molecular formula is C15H9F6NO. The van der Waals surface area contributed by atoms with E-state index in [-0.39, 0.29) is 0 Å².